The molecule has 0 radical (unpaired) electrons. The van der Waals surface area contributed by atoms with Crippen molar-refractivity contribution in [3.8, 4) is 10.6 Å². The summed E-state index contributed by atoms with van der Waals surface area (Å²) < 4.78 is 1.97. The van der Waals surface area contributed by atoms with E-state index in [-0.39, 0.29) is 0 Å². The van der Waals surface area contributed by atoms with Crippen LogP contribution in [-0.4, -0.2) is 21.8 Å². The van der Waals surface area contributed by atoms with E-state index in [1.54, 1.807) is 11.3 Å². The standard InChI is InChI=1S/C11H16N4S/c1-3-4-15-7-9(5-13-15)11-14-10(6-12-2)8-16-11/h5,7-8,12H,3-4,6H2,1-2H3. The zero-order valence-corrected chi connectivity index (χ0v) is 10.4. The average molecular weight is 236 g/mol. The van der Waals surface area contributed by atoms with Gasteiger partial charge in [-0.2, -0.15) is 5.10 Å². The largest absolute Gasteiger partial charge is 0.314 e. The SMILES string of the molecule is CCCn1cc(-c2nc(CNC)cs2)cn1. The Bertz CT molecular complexity index is 404. The summed E-state index contributed by atoms with van der Waals surface area (Å²) in [5.74, 6) is 0. The molecule has 0 fully saturated rings. The molecule has 0 spiro atoms. The molecule has 2 aromatic rings. The van der Waals surface area contributed by atoms with E-state index in [2.05, 4.69) is 33.9 Å². The Labute approximate surface area is 99.3 Å². The van der Waals surface area contributed by atoms with Gasteiger partial charge in [0.2, 0.25) is 0 Å². The lowest BCUT2D eigenvalue weighted by atomic mass is 10.4. The summed E-state index contributed by atoms with van der Waals surface area (Å²) in [7, 11) is 1.93. The number of hydrogen-bond donors (Lipinski definition) is 1. The van der Waals surface area contributed by atoms with Crippen molar-refractivity contribution in [1.82, 2.24) is 20.1 Å². The second-order valence-electron chi connectivity index (χ2n) is 3.67. The monoisotopic (exact) mass is 236 g/mol. The van der Waals surface area contributed by atoms with Crippen LogP contribution in [0, 0.1) is 0 Å². The van der Waals surface area contributed by atoms with Crippen molar-refractivity contribution in [2.24, 2.45) is 0 Å². The Morgan fingerprint density at radius 2 is 2.38 bits per heavy atom. The van der Waals surface area contributed by atoms with Gasteiger partial charge in [-0.15, -0.1) is 11.3 Å². The molecular weight excluding hydrogens is 220 g/mol. The van der Waals surface area contributed by atoms with Crippen LogP contribution in [0.15, 0.2) is 17.8 Å². The van der Waals surface area contributed by atoms with E-state index < -0.39 is 0 Å². The molecule has 0 aliphatic heterocycles. The summed E-state index contributed by atoms with van der Waals surface area (Å²) in [6.07, 6.45) is 5.05. The predicted molar refractivity (Wildman–Crippen MR) is 66.4 cm³/mol. The fourth-order valence-corrected chi connectivity index (χ4v) is 2.32. The molecule has 1 N–H and O–H groups in total. The minimum absolute atomic E-state index is 0.819. The summed E-state index contributed by atoms with van der Waals surface area (Å²) in [5, 5.41) is 10.5. The fourth-order valence-electron chi connectivity index (χ4n) is 1.53. The number of nitrogens with zero attached hydrogens (tertiary/aromatic N) is 3. The molecule has 0 saturated carbocycles. The van der Waals surface area contributed by atoms with E-state index in [9.17, 15) is 0 Å². The molecule has 0 bridgehead atoms. The van der Waals surface area contributed by atoms with Crippen LogP contribution < -0.4 is 5.32 Å². The number of nitrogens with one attached hydrogen (secondary N) is 1. The Kier molecular flexibility index (Phi) is 3.69. The molecular formula is C11H16N4S. The van der Waals surface area contributed by atoms with Crippen LogP contribution in [0.25, 0.3) is 10.6 Å². The van der Waals surface area contributed by atoms with Gasteiger partial charge in [0.05, 0.1) is 11.9 Å². The van der Waals surface area contributed by atoms with Crippen LogP contribution in [0.1, 0.15) is 19.0 Å². The molecule has 0 amide bonds. The summed E-state index contributed by atoms with van der Waals surface area (Å²) in [4.78, 5) is 4.55. The highest BCUT2D eigenvalue weighted by atomic mass is 32.1. The fraction of sp³-hybridized carbons (Fsp3) is 0.455. The number of rotatable bonds is 5. The van der Waals surface area contributed by atoms with E-state index in [0.717, 1.165) is 35.8 Å². The summed E-state index contributed by atoms with van der Waals surface area (Å²) >= 11 is 1.67. The van der Waals surface area contributed by atoms with Crippen LogP contribution in [-0.2, 0) is 13.1 Å². The van der Waals surface area contributed by atoms with E-state index in [1.165, 1.54) is 0 Å². The molecule has 0 saturated heterocycles. The van der Waals surface area contributed by atoms with E-state index in [0.29, 0.717) is 0 Å². The Morgan fingerprint density at radius 3 is 3.12 bits per heavy atom. The molecule has 0 aliphatic carbocycles. The Hall–Kier alpha value is -1.20. The normalized spacial score (nSPS) is 10.9. The minimum Gasteiger partial charge on any atom is -0.314 e. The third kappa shape index (κ3) is 2.48. The quantitative estimate of drug-likeness (QED) is 0.865. The average Bonchev–Trinajstić information content (AvgIpc) is 2.87. The van der Waals surface area contributed by atoms with Crippen LogP contribution >= 0.6 is 11.3 Å². The maximum Gasteiger partial charge on any atom is 0.126 e. The van der Waals surface area contributed by atoms with Gasteiger partial charge in [-0.25, -0.2) is 4.98 Å². The molecule has 0 aromatic carbocycles. The van der Waals surface area contributed by atoms with Crippen molar-refractivity contribution < 1.29 is 0 Å². The molecule has 0 unspecified atom stereocenters. The van der Waals surface area contributed by atoms with Crippen LogP contribution in [0.2, 0.25) is 0 Å². The highest BCUT2D eigenvalue weighted by Gasteiger charge is 2.06. The molecule has 2 heterocycles. The maximum absolute atomic E-state index is 4.55. The molecule has 2 rings (SSSR count). The molecule has 5 heteroatoms. The first-order valence-corrected chi connectivity index (χ1v) is 6.33. The predicted octanol–water partition coefficient (Wildman–Crippen LogP) is 2.14. The van der Waals surface area contributed by atoms with Crippen molar-refractivity contribution in [3.05, 3.63) is 23.5 Å². The molecule has 0 atom stereocenters. The summed E-state index contributed by atoms with van der Waals surface area (Å²) in [5.41, 5.74) is 2.20. The van der Waals surface area contributed by atoms with Gasteiger partial charge in [-0.05, 0) is 13.5 Å². The number of hydrogen-bond acceptors (Lipinski definition) is 4. The topological polar surface area (TPSA) is 42.7 Å². The first kappa shape index (κ1) is 11.3. The van der Waals surface area contributed by atoms with Gasteiger partial charge in [0, 0.05) is 30.2 Å². The van der Waals surface area contributed by atoms with Crippen LogP contribution in [0.4, 0.5) is 0 Å². The molecule has 16 heavy (non-hydrogen) atoms. The number of aryl methyl sites for hydroxylation is 1. The minimum atomic E-state index is 0.819. The lowest BCUT2D eigenvalue weighted by molar-refractivity contribution is 0.603. The molecule has 4 nitrogen and oxygen atoms in total. The summed E-state index contributed by atoms with van der Waals surface area (Å²) in [6.45, 7) is 3.93. The van der Waals surface area contributed by atoms with Crippen molar-refractivity contribution in [2.75, 3.05) is 7.05 Å². The first-order valence-electron chi connectivity index (χ1n) is 5.45. The highest BCUT2D eigenvalue weighted by Crippen LogP contribution is 2.23. The van der Waals surface area contributed by atoms with Gasteiger partial charge in [0.1, 0.15) is 5.01 Å². The number of aromatic nitrogens is 3. The van der Waals surface area contributed by atoms with Gasteiger partial charge >= 0.3 is 0 Å². The van der Waals surface area contributed by atoms with Crippen LogP contribution in [0.3, 0.4) is 0 Å². The van der Waals surface area contributed by atoms with E-state index in [1.807, 2.05) is 17.9 Å². The Balaban J connectivity index is 2.14. The van der Waals surface area contributed by atoms with Gasteiger partial charge in [-0.1, -0.05) is 6.92 Å². The van der Waals surface area contributed by atoms with Crippen molar-refractivity contribution in [2.45, 2.75) is 26.4 Å². The third-order valence-electron chi connectivity index (χ3n) is 2.24. The van der Waals surface area contributed by atoms with Gasteiger partial charge in [0.15, 0.2) is 0 Å². The van der Waals surface area contributed by atoms with Gasteiger partial charge < -0.3 is 5.32 Å². The lowest BCUT2D eigenvalue weighted by Crippen LogP contribution is -2.04. The molecule has 86 valence electrons. The molecule has 0 aliphatic rings. The van der Waals surface area contributed by atoms with E-state index >= 15 is 0 Å². The smallest absolute Gasteiger partial charge is 0.126 e. The second-order valence-corrected chi connectivity index (χ2v) is 4.52. The van der Waals surface area contributed by atoms with Crippen molar-refractivity contribution in [1.29, 1.82) is 0 Å². The zero-order valence-electron chi connectivity index (χ0n) is 9.60. The van der Waals surface area contributed by atoms with Crippen LogP contribution in [0.5, 0.6) is 0 Å². The lowest BCUT2D eigenvalue weighted by Gasteiger charge is -1.94. The maximum atomic E-state index is 4.55. The second kappa shape index (κ2) is 5.23. The van der Waals surface area contributed by atoms with Gasteiger partial charge in [0.25, 0.3) is 0 Å². The molecule has 2 aromatic heterocycles. The zero-order chi connectivity index (χ0) is 11.4. The van der Waals surface area contributed by atoms with Crippen molar-refractivity contribution in [3.63, 3.8) is 0 Å². The first-order chi connectivity index (χ1) is 7.83. The van der Waals surface area contributed by atoms with E-state index in [4.69, 9.17) is 0 Å². The van der Waals surface area contributed by atoms with Gasteiger partial charge in [-0.3, -0.25) is 4.68 Å². The summed E-state index contributed by atoms with van der Waals surface area (Å²) in [6, 6.07) is 0. The highest BCUT2D eigenvalue weighted by molar-refractivity contribution is 7.13. The Morgan fingerprint density at radius 1 is 1.50 bits per heavy atom. The van der Waals surface area contributed by atoms with Crippen molar-refractivity contribution >= 4 is 11.3 Å². The number of thiazole rings is 1. The third-order valence-corrected chi connectivity index (χ3v) is 3.18.